The molecule has 2 aromatic heterocycles. The Morgan fingerprint density at radius 2 is 1.75 bits per heavy atom. The van der Waals surface area contributed by atoms with Crippen molar-refractivity contribution in [2.75, 3.05) is 0 Å². The number of benzene rings is 1. The predicted octanol–water partition coefficient (Wildman–Crippen LogP) is 1.92. The van der Waals surface area contributed by atoms with Crippen LogP contribution in [0.2, 0.25) is 0 Å². The molecule has 0 bridgehead atoms. The number of aromatic nitrogens is 4. The number of hydrogen-bond donors (Lipinski definition) is 1. The number of nitrogens with zero attached hydrogens (tertiary/aromatic N) is 4. The highest BCUT2D eigenvalue weighted by molar-refractivity contribution is 5.32. The highest BCUT2D eigenvalue weighted by Gasteiger charge is 2.30. The molecule has 5 heteroatoms. The first-order valence-electron chi connectivity index (χ1n) is 6.30. The fraction of sp³-hybridized carbons (Fsp3) is 0.133. The molecule has 0 radical (unpaired) electrons. The maximum atomic E-state index is 10.6. The second kappa shape index (κ2) is 4.86. The van der Waals surface area contributed by atoms with E-state index < -0.39 is 5.60 Å². The lowest BCUT2D eigenvalue weighted by Crippen LogP contribution is -2.24. The lowest BCUT2D eigenvalue weighted by molar-refractivity contribution is 0.0925. The van der Waals surface area contributed by atoms with Gasteiger partial charge in [0.15, 0.2) is 0 Å². The third kappa shape index (κ3) is 2.19. The molecule has 20 heavy (non-hydrogen) atoms. The number of rotatable bonds is 3. The Hall–Kier alpha value is -2.53. The van der Waals surface area contributed by atoms with Gasteiger partial charge in [0.2, 0.25) is 0 Å². The molecule has 1 aromatic carbocycles. The van der Waals surface area contributed by atoms with Crippen molar-refractivity contribution in [2.45, 2.75) is 12.5 Å². The lowest BCUT2D eigenvalue weighted by Gasteiger charge is -2.19. The summed E-state index contributed by atoms with van der Waals surface area (Å²) in [6.45, 7) is 1.66. The molecule has 100 valence electrons. The van der Waals surface area contributed by atoms with Crippen molar-refractivity contribution in [2.24, 2.45) is 0 Å². The molecule has 1 N–H and O–H groups in total. The molecule has 3 aromatic rings. The third-order valence-corrected chi connectivity index (χ3v) is 3.18. The van der Waals surface area contributed by atoms with E-state index in [0.29, 0.717) is 11.4 Å². The maximum Gasteiger partial charge on any atom is 0.149 e. The Labute approximate surface area is 116 Å². The van der Waals surface area contributed by atoms with E-state index in [4.69, 9.17) is 0 Å². The van der Waals surface area contributed by atoms with Crippen molar-refractivity contribution < 1.29 is 5.11 Å². The molecule has 5 nitrogen and oxygen atoms in total. The number of hydrogen-bond acceptors (Lipinski definition) is 4. The van der Waals surface area contributed by atoms with Crippen LogP contribution in [0.25, 0.3) is 5.69 Å². The molecular formula is C15H14N4O. The van der Waals surface area contributed by atoms with Crippen LogP contribution < -0.4 is 0 Å². The average Bonchev–Trinajstić information content (AvgIpc) is 3.00. The summed E-state index contributed by atoms with van der Waals surface area (Å²) < 4.78 is 1.63. The Kier molecular flexibility index (Phi) is 3.04. The topological polar surface area (TPSA) is 63.8 Å². The van der Waals surface area contributed by atoms with E-state index in [-0.39, 0.29) is 0 Å². The summed E-state index contributed by atoms with van der Waals surface area (Å²) in [5.41, 5.74) is 0.622. The largest absolute Gasteiger partial charge is 0.377 e. The first-order valence-corrected chi connectivity index (χ1v) is 6.30. The van der Waals surface area contributed by atoms with E-state index in [1.54, 1.807) is 36.1 Å². The third-order valence-electron chi connectivity index (χ3n) is 3.18. The van der Waals surface area contributed by atoms with Gasteiger partial charge in [-0.1, -0.05) is 29.5 Å². The summed E-state index contributed by atoms with van der Waals surface area (Å²) in [7, 11) is 0. The molecule has 0 saturated carbocycles. The minimum atomic E-state index is -1.27. The standard InChI is InChI=1S/C15H14N4O/c1-15(20,13-9-5-6-10-16-13)14-11-19(18-17-14)12-7-3-2-4-8-12/h2-11,20H,1H3/t15-/m0/s1. The zero-order valence-corrected chi connectivity index (χ0v) is 11.0. The predicted molar refractivity (Wildman–Crippen MR) is 74.3 cm³/mol. The van der Waals surface area contributed by atoms with E-state index in [1.807, 2.05) is 36.4 Å². The van der Waals surface area contributed by atoms with Gasteiger partial charge in [-0.2, -0.15) is 0 Å². The molecular weight excluding hydrogens is 252 g/mol. The fourth-order valence-electron chi connectivity index (χ4n) is 1.98. The minimum Gasteiger partial charge on any atom is -0.377 e. The molecule has 0 spiro atoms. The van der Waals surface area contributed by atoms with Gasteiger partial charge >= 0.3 is 0 Å². The normalized spacial score (nSPS) is 13.9. The highest BCUT2D eigenvalue weighted by Crippen LogP contribution is 2.25. The average molecular weight is 266 g/mol. The zero-order valence-electron chi connectivity index (χ0n) is 11.0. The van der Waals surface area contributed by atoms with E-state index >= 15 is 0 Å². The molecule has 0 aliphatic carbocycles. The van der Waals surface area contributed by atoms with Crippen molar-refractivity contribution in [1.29, 1.82) is 0 Å². The van der Waals surface area contributed by atoms with Crippen LogP contribution in [0.15, 0.2) is 60.9 Å². The number of aliphatic hydroxyl groups is 1. The van der Waals surface area contributed by atoms with Gasteiger partial charge in [0.1, 0.15) is 11.3 Å². The molecule has 2 heterocycles. The monoisotopic (exact) mass is 266 g/mol. The second-order valence-corrected chi connectivity index (χ2v) is 4.67. The van der Waals surface area contributed by atoms with Crippen molar-refractivity contribution in [3.8, 4) is 5.69 Å². The summed E-state index contributed by atoms with van der Waals surface area (Å²) in [5, 5.41) is 18.8. The molecule has 0 saturated heterocycles. The van der Waals surface area contributed by atoms with E-state index in [9.17, 15) is 5.11 Å². The zero-order chi connectivity index (χ0) is 14.0. The summed E-state index contributed by atoms with van der Waals surface area (Å²) in [6, 6.07) is 15.0. The summed E-state index contributed by atoms with van der Waals surface area (Å²) in [4.78, 5) is 4.18. The Bertz CT molecular complexity index is 692. The molecule has 3 rings (SSSR count). The highest BCUT2D eigenvalue weighted by atomic mass is 16.3. The summed E-state index contributed by atoms with van der Waals surface area (Å²) >= 11 is 0. The van der Waals surface area contributed by atoms with Gasteiger partial charge in [0.25, 0.3) is 0 Å². The van der Waals surface area contributed by atoms with Crippen LogP contribution in [0.1, 0.15) is 18.3 Å². The van der Waals surface area contributed by atoms with Gasteiger partial charge < -0.3 is 5.11 Å². The van der Waals surface area contributed by atoms with Crippen molar-refractivity contribution in [3.63, 3.8) is 0 Å². The van der Waals surface area contributed by atoms with Crippen LogP contribution in [-0.4, -0.2) is 25.1 Å². The smallest absolute Gasteiger partial charge is 0.149 e. The molecule has 0 aliphatic heterocycles. The van der Waals surface area contributed by atoms with E-state index in [2.05, 4.69) is 15.3 Å². The lowest BCUT2D eigenvalue weighted by atomic mass is 9.98. The number of para-hydroxylation sites is 1. The van der Waals surface area contributed by atoms with Gasteiger partial charge in [-0.15, -0.1) is 5.10 Å². The van der Waals surface area contributed by atoms with Crippen LogP contribution in [-0.2, 0) is 5.60 Å². The van der Waals surface area contributed by atoms with Crippen LogP contribution >= 0.6 is 0 Å². The first-order chi connectivity index (χ1) is 9.68. The van der Waals surface area contributed by atoms with Crippen molar-refractivity contribution in [3.05, 3.63) is 72.3 Å². The summed E-state index contributed by atoms with van der Waals surface area (Å²) in [6.07, 6.45) is 3.36. The number of pyridine rings is 1. The Balaban J connectivity index is 1.98. The first kappa shape index (κ1) is 12.5. The molecule has 1 atom stereocenters. The fourth-order valence-corrected chi connectivity index (χ4v) is 1.98. The Morgan fingerprint density at radius 3 is 2.45 bits per heavy atom. The molecule has 0 amide bonds. The second-order valence-electron chi connectivity index (χ2n) is 4.67. The van der Waals surface area contributed by atoms with Gasteiger partial charge in [0.05, 0.1) is 17.6 Å². The van der Waals surface area contributed by atoms with Gasteiger partial charge in [-0.3, -0.25) is 4.98 Å². The van der Waals surface area contributed by atoms with Crippen LogP contribution in [0.5, 0.6) is 0 Å². The molecule has 0 fully saturated rings. The van der Waals surface area contributed by atoms with Crippen LogP contribution in [0.3, 0.4) is 0 Å². The van der Waals surface area contributed by atoms with Gasteiger partial charge in [-0.05, 0) is 31.2 Å². The van der Waals surface area contributed by atoms with E-state index in [1.165, 1.54) is 0 Å². The van der Waals surface area contributed by atoms with Gasteiger partial charge in [-0.25, -0.2) is 4.68 Å². The summed E-state index contributed by atoms with van der Waals surface area (Å²) in [5.74, 6) is 0. The molecule has 0 aliphatic rings. The SMILES string of the molecule is C[C@](O)(c1ccccn1)c1cn(-c2ccccc2)nn1. The maximum absolute atomic E-state index is 10.6. The quantitative estimate of drug-likeness (QED) is 0.786. The van der Waals surface area contributed by atoms with Crippen molar-refractivity contribution >= 4 is 0 Å². The van der Waals surface area contributed by atoms with Crippen LogP contribution in [0, 0.1) is 0 Å². The van der Waals surface area contributed by atoms with Gasteiger partial charge in [0, 0.05) is 6.20 Å². The molecule has 0 unspecified atom stereocenters. The van der Waals surface area contributed by atoms with E-state index in [0.717, 1.165) is 5.69 Å². The minimum absolute atomic E-state index is 0.458. The van der Waals surface area contributed by atoms with Crippen molar-refractivity contribution in [1.82, 2.24) is 20.0 Å². The van der Waals surface area contributed by atoms with Crippen LogP contribution in [0.4, 0.5) is 0 Å². The Morgan fingerprint density at radius 1 is 1.00 bits per heavy atom.